The Hall–Kier alpha value is -1.30. The molecule has 1 heterocycles. The lowest BCUT2D eigenvalue weighted by molar-refractivity contribution is -0.123. The summed E-state index contributed by atoms with van der Waals surface area (Å²) in [7, 11) is 0. The highest BCUT2D eigenvalue weighted by Gasteiger charge is 2.25. The summed E-state index contributed by atoms with van der Waals surface area (Å²) >= 11 is 0. The monoisotopic (exact) mass is 324 g/mol. The maximum absolute atomic E-state index is 12.3. The number of nitrogens with one attached hydrogen (secondary N) is 2. The van der Waals surface area contributed by atoms with E-state index in [4.69, 9.17) is 0 Å². The van der Waals surface area contributed by atoms with Crippen LogP contribution in [-0.2, 0) is 4.79 Å². The van der Waals surface area contributed by atoms with Crippen LogP contribution in [0.25, 0.3) is 0 Å². The van der Waals surface area contributed by atoms with Gasteiger partial charge in [0.05, 0.1) is 6.54 Å². The molecular weight excluding hydrogens is 292 g/mol. The van der Waals surface area contributed by atoms with Crippen molar-refractivity contribution in [2.45, 2.75) is 58.5 Å². The first-order chi connectivity index (χ1) is 10.9. The molecule has 0 radical (unpaired) electrons. The van der Waals surface area contributed by atoms with Gasteiger partial charge in [-0.2, -0.15) is 0 Å². The highest BCUT2D eigenvalue weighted by Crippen LogP contribution is 2.23. The lowest BCUT2D eigenvalue weighted by atomic mass is 9.87. The number of hydrogen-bond donors (Lipinski definition) is 2. The van der Waals surface area contributed by atoms with E-state index in [0.29, 0.717) is 25.7 Å². The third-order valence-corrected chi connectivity index (χ3v) is 4.82. The molecule has 1 saturated carbocycles. The summed E-state index contributed by atoms with van der Waals surface area (Å²) in [6.07, 6.45) is 4.62. The van der Waals surface area contributed by atoms with Crippen molar-refractivity contribution >= 4 is 11.9 Å². The fourth-order valence-electron chi connectivity index (χ4n) is 3.35. The van der Waals surface area contributed by atoms with Gasteiger partial charge in [-0.05, 0) is 45.4 Å². The van der Waals surface area contributed by atoms with Crippen molar-refractivity contribution in [1.82, 2.24) is 20.4 Å². The molecule has 0 aromatic carbocycles. The molecule has 0 spiro atoms. The van der Waals surface area contributed by atoms with Crippen LogP contribution in [0.4, 0.5) is 4.79 Å². The summed E-state index contributed by atoms with van der Waals surface area (Å²) in [6.45, 7) is 9.56. The lowest BCUT2D eigenvalue weighted by Gasteiger charge is -2.36. The maximum Gasteiger partial charge on any atom is 0.317 e. The summed E-state index contributed by atoms with van der Waals surface area (Å²) in [5.74, 6) is 0.859. The van der Waals surface area contributed by atoms with Crippen molar-refractivity contribution in [3.05, 3.63) is 0 Å². The van der Waals surface area contributed by atoms with Gasteiger partial charge >= 0.3 is 6.03 Å². The van der Waals surface area contributed by atoms with Crippen LogP contribution in [0.1, 0.15) is 46.5 Å². The molecular formula is C17H32N4O2. The molecule has 1 aliphatic carbocycles. The van der Waals surface area contributed by atoms with Crippen LogP contribution >= 0.6 is 0 Å². The van der Waals surface area contributed by atoms with Crippen molar-refractivity contribution in [2.75, 3.05) is 32.7 Å². The van der Waals surface area contributed by atoms with Crippen LogP contribution in [0, 0.1) is 5.92 Å². The molecule has 2 rings (SSSR count). The zero-order valence-corrected chi connectivity index (χ0v) is 14.8. The van der Waals surface area contributed by atoms with Crippen molar-refractivity contribution in [3.8, 4) is 0 Å². The van der Waals surface area contributed by atoms with Crippen LogP contribution in [-0.4, -0.2) is 66.5 Å². The normalized spacial score (nSPS) is 26.2. The van der Waals surface area contributed by atoms with E-state index < -0.39 is 0 Å². The molecule has 2 aliphatic rings. The van der Waals surface area contributed by atoms with Gasteiger partial charge in [0.1, 0.15) is 0 Å². The Labute approximate surface area is 140 Å². The summed E-state index contributed by atoms with van der Waals surface area (Å²) in [5.41, 5.74) is 0. The Morgan fingerprint density at radius 2 is 1.65 bits per heavy atom. The second-order valence-electron chi connectivity index (χ2n) is 7.39. The number of rotatable bonds is 4. The van der Waals surface area contributed by atoms with Crippen molar-refractivity contribution in [1.29, 1.82) is 0 Å². The number of piperazine rings is 1. The number of carbonyl (C=O) groups excluding carboxylic acids is 2. The molecule has 0 unspecified atom stereocenters. The van der Waals surface area contributed by atoms with Crippen LogP contribution < -0.4 is 10.6 Å². The van der Waals surface area contributed by atoms with Crippen molar-refractivity contribution in [2.24, 2.45) is 5.92 Å². The van der Waals surface area contributed by atoms with E-state index in [1.165, 1.54) is 12.8 Å². The predicted octanol–water partition coefficient (Wildman–Crippen LogP) is 1.42. The van der Waals surface area contributed by atoms with Gasteiger partial charge in [0.15, 0.2) is 0 Å². The molecule has 3 amide bonds. The zero-order valence-electron chi connectivity index (χ0n) is 14.8. The third-order valence-electron chi connectivity index (χ3n) is 4.82. The standard InChI is InChI=1S/C17H32N4O2/c1-13(2)18-16(22)12-20-8-10-21(11-9-20)17(23)19-15-6-4-14(3)5-7-15/h13-15H,4-12H2,1-3H3,(H,18,22)(H,19,23). The predicted molar refractivity (Wildman–Crippen MR) is 91.2 cm³/mol. The Kier molecular flexibility index (Phi) is 6.69. The number of hydrogen-bond acceptors (Lipinski definition) is 3. The smallest absolute Gasteiger partial charge is 0.317 e. The highest BCUT2D eigenvalue weighted by molar-refractivity contribution is 5.78. The van der Waals surface area contributed by atoms with Crippen molar-refractivity contribution < 1.29 is 9.59 Å². The first-order valence-electron chi connectivity index (χ1n) is 9.01. The van der Waals surface area contributed by atoms with Gasteiger partial charge in [-0.3, -0.25) is 9.69 Å². The fourth-order valence-corrected chi connectivity index (χ4v) is 3.35. The van der Waals surface area contributed by atoms with E-state index in [0.717, 1.165) is 31.8 Å². The molecule has 1 aliphatic heterocycles. The SMILES string of the molecule is CC1CCC(NC(=O)N2CCN(CC(=O)NC(C)C)CC2)CC1. The van der Waals surface area contributed by atoms with Gasteiger partial charge in [-0.25, -0.2) is 4.79 Å². The number of amides is 3. The molecule has 1 saturated heterocycles. The average Bonchev–Trinajstić information content (AvgIpc) is 2.49. The summed E-state index contributed by atoms with van der Waals surface area (Å²) in [4.78, 5) is 28.1. The van der Waals surface area contributed by atoms with E-state index in [1.807, 2.05) is 18.7 Å². The first kappa shape index (κ1) is 18.0. The average molecular weight is 324 g/mol. The van der Waals surface area contributed by atoms with Gasteiger partial charge in [0.25, 0.3) is 0 Å². The van der Waals surface area contributed by atoms with Crippen molar-refractivity contribution in [3.63, 3.8) is 0 Å². The van der Waals surface area contributed by atoms with Gasteiger partial charge in [-0.1, -0.05) is 6.92 Å². The van der Waals surface area contributed by atoms with E-state index in [-0.39, 0.29) is 18.0 Å². The van der Waals surface area contributed by atoms with Crippen LogP contribution in [0.3, 0.4) is 0 Å². The van der Waals surface area contributed by atoms with E-state index in [1.54, 1.807) is 0 Å². The quantitative estimate of drug-likeness (QED) is 0.822. The molecule has 0 aromatic rings. The van der Waals surface area contributed by atoms with Crippen LogP contribution in [0.15, 0.2) is 0 Å². The van der Waals surface area contributed by atoms with Gasteiger partial charge < -0.3 is 15.5 Å². The molecule has 23 heavy (non-hydrogen) atoms. The minimum absolute atomic E-state index is 0.0641. The van der Waals surface area contributed by atoms with Crippen LogP contribution in [0.5, 0.6) is 0 Å². The Morgan fingerprint density at radius 1 is 1.04 bits per heavy atom. The molecule has 0 bridgehead atoms. The van der Waals surface area contributed by atoms with Gasteiger partial charge in [-0.15, -0.1) is 0 Å². The summed E-state index contributed by atoms with van der Waals surface area (Å²) in [6, 6.07) is 0.581. The Balaban J connectivity index is 1.67. The molecule has 132 valence electrons. The molecule has 6 nitrogen and oxygen atoms in total. The largest absolute Gasteiger partial charge is 0.353 e. The molecule has 2 fully saturated rings. The van der Waals surface area contributed by atoms with E-state index in [9.17, 15) is 9.59 Å². The number of urea groups is 1. The topological polar surface area (TPSA) is 64.7 Å². The molecule has 6 heteroatoms. The summed E-state index contributed by atoms with van der Waals surface area (Å²) < 4.78 is 0. The van der Waals surface area contributed by atoms with Gasteiger partial charge in [0.2, 0.25) is 5.91 Å². The van der Waals surface area contributed by atoms with Gasteiger partial charge in [0, 0.05) is 38.3 Å². The number of carbonyl (C=O) groups is 2. The Morgan fingerprint density at radius 3 is 2.22 bits per heavy atom. The van der Waals surface area contributed by atoms with Crippen LogP contribution in [0.2, 0.25) is 0 Å². The van der Waals surface area contributed by atoms with E-state index in [2.05, 4.69) is 22.5 Å². The molecule has 2 N–H and O–H groups in total. The summed E-state index contributed by atoms with van der Waals surface area (Å²) in [5, 5.41) is 6.09. The minimum Gasteiger partial charge on any atom is -0.353 e. The maximum atomic E-state index is 12.3. The molecule has 0 aromatic heterocycles. The highest BCUT2D eigenvalue weighted by atomic mass is 16.2. The van der Waals surface area contributed by atoms with E-state index >= 15 is 0 Å². The Bertz CT molecular complexity index is 397. The zero-order chi connectivity index (χ0) is 16.8. The first-order valence-corrected chi connectivity index (χ1v) is 9.01. The number of nitrogens with zero attached hydrogens (tertiary/aromatic N) is 2. The second kappa shape index (κ2) is 8.52. The second-order valence-corrected chi connectivity index (χ2v) is 7.39. The minimum atomic E-state index is 0.0641. The molecule has 0 atom stereocenters. The lowest BCUT2D eigenvalue weighted by Crippen LogP contribution is -2.55. The third kappa shape index (κ3) is 6.01. The fraction of sp³-hybridized carbons (Fsp3) is 0.882.